The number of nitrogens with zero attached hydrogens (tertiary/aromatic N) is 3. The highest BCUT2D eigenvalue weighted by Crippen LogP contribution is 2.27. The normalized spacial score (nSPS) is 9.36. The Morgan fingerprint density at radius 3 is 2.79 bits per heavy atom. The van der Waals surface area contributed by atoms with Gasteiger partial charge in [0.1, 0.15) is 5.02 Å². The van der Waals surface area contributed by atoms with Gasteiger partial charge in [0, 0.05) is 0 Å². The number of hydrogen-bond donors (Lipinski definition) is 0. The molecule has 0 fully saturated rings. The van der Waals surface area contributed by atoms with E-state index in [1.807, 2.05) is 6.92 Å². The van der Waals surface area contributed by atoms with E-state index >= 15 is 0 Å². The zero-order valence-corrected chi connectivity index (χ0v) is 8.50. The second-order valence-corrected chi connectivity index (χ2v) is 2.73. The maximum atomic E-state index is 10.1. The molecule has 74 valence electrons. The summed E-state index contributed by atoms with van der Waals surface area (Å²) in [5.41, 5.74) is 0.590. The van der Waals surface area contributed by atoms with E-state index in [1.54, 1.807) is 0 Å². The lowest BCUT2D eigenvalue weighted by Gasteiger charge is -2.04. The third-order valence-electron chi connectivity index (χ3n) is 1.55. The second kappa shape index (κ2) is 4.69. The zero-order valence-electron chi connectivity index (χ0n) is 7.74. The number of methoxy groups -OCH3 is 1. The molecule has 0 unspecified atom stereocenters. The first-order valence-electron chi connectivity index (χ1n) is 3.91. The summed E-state index contributed by atoms with van der Waals surface area (Å²) in [5, 5.41) is 0.261. The quantitative estimate of drug-likeness (QED) is 0.566. The Bertz CT molecular complexity index is 388. The van der Waals surface area contributed by atoms with Crippen molar-refractivity contribution in [2.24, 2.45) is 4.99 Å². The molecule has 14 heavy (non-hydrogen) atoms. The number of isocyanates is 1. The van der Waals surface area contributed by atoms with Crippen LogP contribution in [0.15, 0.2) is 4.99 Å². The highest BCUT2D eigenvalue weighted by Gasteiger charge is 2.10. The van der Waals surface area contributed by atoms with Crippen LogP contribution in [0.2, 0.25) is 5.02 Å². The third kappa shape index (κ3) is 2.07. The molecule has 5 nitrogen and oxygen atoms in total. The Labute approximate surface area is 85.8 Å². The van der Waals surface area contributed by atoms with Crippen molar-refractivity contribution in [2.45, 2.75) is 13.3 Å². The monoisotopic (exact) mass is 213 g/mol. The Morgan fingerprint density at radius 1 is 1.57 bits per heavy atom. The predicted molar refractivity (Wildman–Crippen MR) is 50.8 cm³/mol. The van der Waals surface area contributed by atoms with Crippen LogP contribution in [0, 0.1) is 0 Å². The van der Waals surface area contributed by atoms with E-state index in [0.717, 1.165) is 0 Å². The maximum Gasteiger partial charge on any atom is 0.318 e. The van der Waals surface area contributed by atoms with Gasteiger partial charge in [0.05, 0.1) is 12.8 Å². The van der Waals surface area contributed by atoms with E-state index in [4.69, 9.17) is 16.3 Å². The number of aromatic nitrogens is 2. The number of aryl methyl sites for hydroxylation is 1. The molecule has 0 bridgehead atoms. The minimum Gasteiger partial charge on any atom is -0.467 e. The van der Waals surface area contributed by atoms with Crippen LogP contribution < -0.4 is 4.74 Å². The highest BCUT2D eigenvalue weighted by atomic mass is 35.5. The van der Waals surface area contributed by atoms with Gasteiger partial charge in [-0.15, -0.1) is 4.99 Å². The summed E-state index contributed by atoms with van der Waals surface area (Å²) in [4.78, 5) is 21.2. The molecule has 0 spiro atoms. The summed E-state index contributed by atoms with van der Waals surface area (Å²) in [7, 11) is 1.43. The molecule has 0 aliphatic rings. The van der Waals surface area contributed by atoms with Crippen molar-refractivity contribution in [3.63, 3.8) is 0 Å². The molecular formula is C8H8ClN3O2. The molecule has 0 saturated carbocycles. The Balaban J connectivity index is 3.33. The van der Waals surface area contributed by atoms with Crippen molar-refractivity contribution in [1.29, 1.82) is 0 Å². The van der Waals surface area contributed by atoms with Crippen molar-refractivity contribution >= 4 is 23.5 Å². The van der Waals surface area contributed by atoms with Crippen molar-refractivity contribution in [1.82, 2.24) is 9.97 Å². The molecule has 0 atom stereocenters. The van der Waals surface area contributed by atoms with Gasteiger partial charge in [-0.25, -0.2) is 4.79 Å². The van der Waals surface area contributed by atoms with Crippen LogP contribution in [0.3, 0.4) is 0 Å². The molecule has 1 aromatic rings. The standard InChI is InChI=1S/C8H8ClN3O2/c1-3-5-6(9)7(10-4-13)12-8(11-5)14-2/h3H2,1-2H3. The summed E-state index contributed by atoms with van der Waals surface area (Å²) in [6.07, 6.45) is 1.98. The van der Waals surface area contributed by atoms with Gasteiger partial charge in [-0.2, -0.15) is 9.97 Å². The van der Waals surface area contributed by atoms with Crippen molar-refractivity contribution in [3.8, 4) is 6.01 Å². The van der Waals surface area contributed by atoms with Crippen LogP contribution in [0.4, 0.5) is 5.82 Å². The minimum atomic E-state index is 0.0883. The first kappa shape index (κ1) is 10.6. The predicted octanol–water partition coefficient (Wildman–Crippen LogP) is 1.67. The molecule has 0 aliphatic carbocycles. The molecule has 0 radical (unpaired) electrons. The van der Waals surface area contributed by atoms with Gasteiger partial charge in [0.2, 0.25) is 6.08 Å². The zero-order chi connectivity index (χ0) is 10.6. The minimum absolute atomic E-state index is 0.0883. The lowest BCUT2D eigenvalue weighted by molar-refractivity contribution is 0.378. The van der Waals surface area contributed by atoms with E-state index in [-0.39, 0.29) is 16.9 Å². The Kier molecular flexibility index (Phi) is 3.56. The van der Waals surface area contributed by atoms with Crippen LogP contribution in [-0.4, -0.2) is 23.2 Å². The Morgan fingerprint density at radius 2 is 2.29 bits per heavy atom. The fourth-order valence-electron chi connectivity index (χ4n) is 0.901. The molecule has 6 heteroatoms. The molecular weight excluding hydrogens is 206 g/mol. The SMILES string of the molecule is CCc1nc(OC)nc(N=C=O)c1Cl. The van der Waals surface area contributed by atoms with Crippen molar-refractivity contribution in [3.05, 3.63) is 10.7 Å². The molecule has 1 heterocycles. The van der Waals surface area contributed by atoms with Crippen LogP contribution >= 0.6 is 11.6 Å². The van der Waals surface area contributed by atoms with E-state index in [1.165, 1.54) is 13.2 Å². The van der Waals surface area contributed by atoms with Crippen molar-refractivity contribution < 1.29 is 9.53 Å². The van der Waals surface area contributed by atoms with Gasteiger partial charge >= 0.3 is 6.01 Å². The van der Waals surface area contributed by atoms with Gasteiger partial charge in [-0.1, -0.05) is 18.5 Å². The van der Waals surface area contributed by atoms with E-state index in [9.17, 15) is 4.79 Å². The van der Waals surface area contributed by atoms with E-state index < -0.39 is 0 Å². The van der Waals surface area contributed by atoms with Crippen LogP contribution in [-0.2, 0) is 11.2 Å². The highest BCUT2D eigenvalue weighted by molar-refractivity contribution is 6.33. The topological polar surface area (TPSA) is 64.4 Å². The summed E-state index contributed by atoms with van der Waals surface area (Å²) in [6, 6.07) is 0.139. The van der Waals surface area contributed by atoms with Gasteiger partial charge in [-0.05, 0) is 6.42 Å². The average Bonchev–Trinajstić information content (AvgIpc) is 2.21. The largest absolute Gasteiger partial charge is 0.467 e. The van der Waals surface area contributed by atoms with Gasteiger partial charge in [0.15, 0.2) is 5.82 Å². The number of aliphatic imine (C=N–C) groups is 1. The molecule has 0 amide bonds. The number of carbonyl (C=O) groups excluding carboxylic acids is 1. The molecule has 0 aliphatic heterocycles. The van der Waals surface area contributed by atoms with E-state index in [0.29, 0.717) is 12.1 Å². The number of ether oxygens (including phenoxy) is 1. The fraction of sp³-hybridized carbons (Fsp3) is 0.375. The number of rotatable bonds is 3. The van der Waals surface area contributed by atoms with E-state index in [2.05, 4.69) is 15.0 Å². The summed E-state index contributed by atoms with van der Waals surface area (Å²) in [5.74, 6) is 0.0883. The fourth-order valence-corrected chi connectivity index (χ4v) is 1.16. The summed E-state index contributed by atoms with van der Waals surface area (Å²) >= 11 is 5.86. The lowest BCUT2D eigenvalue weighted by Crippen LogP contribution is -1.97. The molecule has 1 rings (SSSR count). The third-order valence-corrected chi connectivity index (χ3v) is 1.94. The van der Waals surface area contributed by atoms with Crippen molar-refractivity contribution in [2.75, 3.05) is 7.11 Å². The number of hydrogen-bond acceptors (Lipinski definition) is 5. The van der Waals surface area contributed by atoms with Crippen LogP contribution in [0.1, 0.15) is 12.6 Å². The lowest BCUT2D eigenvalue weighted by atomic mass is 10.3. The summed E-state index contributed by atoms with van der Waals surface area (Å²) < 4.78 is 4.83. The second-order valence-electron chi connectivity index (χ2n) is 2.35. The Hall–Kier alpha value is -1.45. The summed E-state index contributed by atoms with van der Waals surface area (Å²) in [6.45, 7) is 1.88. The molecule has 0 aromatic carbocycles. The molecule has 0 saturated heterocycles. The molecule has 1 aromatic heterocycles. The molecule has 0 N–H and O–H groups in total. The van der Waals surface area contributed by atoms with Gasteiger partial charge in [-0.3, -0.25) is 0 Å². The smallest absolute Gasteiger partial charge is 0.318 e. The first-order chi connectivity index (χ1) is 6.72. The first-order valence-corrected chi connectivity index (χ1v) is 4.29. The average molecular weight is 214 g/mol. The van der Waals surface area contributed by atoms with Gasteiger partial charge < -0.3 is 4.74 Å². The maximum absolute atomic E-state index is 10.1. The number of halogens is 1. The van der Waals surface area contributed by atoms with Crippen LogP contribution in [0.5, 0.6) is 6.01 Å². The van der Waals surface area contributed by atoms with Crippen LogP contribution in [0.25, 0.3) is 0 Å². The van der Waals surface area contributed by atoms with Gasteiger partial charge in [0.25, 0.3) is 0 Å².